The lowest BCUT2D eigenvalue weighted by Gasteiger charge is -2.31. The topological polar surface area (TPSA) is 29.5 Å². The maximum Gasteiger partial charge on any atom is 0.236 e. The summed E-state index contributed by atoms with van der Waals surface area (Å²) in [4.78, 5) is 14.7. The van der Waals surface area contributed by atoms with Crippen molar-refractivity contribution in [2.45, 2.75) is 6.42 Å². The van der Waals surface area contributed by atoms with Crippen molar-refractivity contribution < 1.29 is 9.53 Å². The van der Waals surface area contributed by atoms with Gasteiger partial charge in [0.15, 0.2) is 11.5 Å². The van der Waals surface area contributed by atoms with Crippen molar-refractivity contribution in [2.24, 2.45) is 0 Å². The second-order valence-corrected chi connectivity index (χ2v) is 5.43. The average Bonchev–Trinajstić information content (AvgIpc) is 2.60. The average molecular weight is 301 g/mol. The number of hydrogen-bond donors (Lipinski definition) is 0. The minimum Gasteiger partial charge on any atom is -0.453 e. The quantitative estimate of drug-likeness (QED) is 0.686. The molecular weight excluding hydrogens is 286 g/mol. The molecule has 1 aliphatic heterocycles. The summed E-state index contributed by atoms with van der Waals surface area (Å²) in [6.45, 7) is 0. The monoisotopic (exact) mass is 301 g/mol. The smallest absolute Gasteiger partial charge is 0.236 e. The summed E-state index contributed by atoms with van der Waals surface area (Å²) < 4.78 is 5.91. The van der Waals surface area contributed by atoms with Gasteiger partial charge in [0.25, 0.3) is 0 Å². The second-order valence-electron chi connectivity index (χ2n) is 5.43. The zero-order chi connectivity index (χ0) is 15.6. The third-order valence-electron chi connectivity index (χ3n) is 3.88. The number of ether oxygens (including phenoxy) is 1. The van der Waals surface area contributed by atoms with E-state index in [1.807, 2.05) is 78.9 Å². The molecule has 0 aromatic heterocycles. The summed E-state index contributed by atoms with van der Waals surface area (Å²) in [5.41, 5.74) is 2.57. The van der Waals surface area contributed by atoms with Crippen molar-refractivity contribution >= 4 is 17.3 Å². The largest absolute Gasteiger partial charge is 0.453 e. The van der Waals surface area contributed by atoms with E-state index in [0.717, 1.165) is 16.9 Å². The van der Waals surface area contributed by atoms with Gasteiger partial charge in [-0.25, -0.2) is 0 Å². The Morgan fingerprint density at radius 1 is 0.739 bits per heavy atom. The molecule has 1 heterocycles. The lowest BCUT2D eigenvalue weighted by atomic mass is 10.1. The van der Waals surface area contributed by atoms with Crippen molar-refractivity contribution in [3.8, 4) is 11.5 Å². The van der Waals surface area contributed by atoms with Crippen molar-refractivity contribution in [2.75, 3.05) is 4.90 Å². The highest BCUT2D eigenvalue weighted by molar-refractivity contribution is 6.05. The molecule has 3 aromatic carbocycles. The zero-order valence-electron chi connectivity index (χ0n) is 12.5. The van der Waals surface area contributed by atoms with Crippen molar-refractivity contribution in [3.63, 3.8) is 0 Å². The maximum absolute atomic E-state index is 13.0. The number of carbonyl (C=O) groups is 1. The summed E-state index contributed by atoms with van der Waals surface area (Å²) in [6, 6.07) is 25.0. The van der Waals surface area contributed by atoms with Gasteiger partial charge in [-0.3, -0.25) is 9.69 Å². The minimum absolute atomic E-state index is 0.0272. The Labute approximate surface area is 134 Å². The van der Waals surface area contributed by atoms with Crippen LogP contribution in [0, 0.1) is 0 Å². The molecule has 0 atom stereocenters. The van der Waals surface area contributed by atoms with Crippen molar-refractivity contribution in [3.05, 3.63) is 84.4 Å². The lowest BCUT2D eigenvalue weighted by Crippen LogP contribution is -2.30. The van der Waals surface area contributed by atoms with Crippen LogP contribution in [0.1, 0.15) is 5.56 Å². The zero-order valence-corrected chi connectivity index (χ0v) is 12.5. The van der Waals surface area contributed by atoms with E-state index in [2.05, 4.69) is 0 Å². The van der Waals surface area contributed by atoms with Gasteiger partial charge in [0.05, 0.1) is 17.8 Å². The van der Waals surface area contributed by atoms with E-state index in [9.17, 15) is 4.79 Å². The summed E-state index contributed by atoms with van der Waals surface area (Å²) >= 11 is 0. The Morgan fingerprint density at radius 3 is 1.87 bits per heavy atom. The molecule has 0 saturated heterocycles. The molecule has 4 rings (SSSR count). The van der Waals surface area contributed by atoms with Crippen LogP contribution in [0.2, 0.25) is 0 Å². The Hall–Kier alpha value is -3.07. The van der Waals surface area contributed by atoms with Gasteiger partial charge in [0.2, 0.25) is 5.91 Å². The lowest BCUT2D eigenvalue weighted by molar-refractivity contribution is -0.117. The summed E-state index contributed by atoms with van der Waals surface area (Å²) in [7, 11) is 0. The van der Waals surface area contributed by atoms with Gasteiger partial charge in [0, 0.05) is 0 Å². The first-order valence-corrected chi connectivity index (χ1v) is 7.56. The number of hydrogen-bond acceptors (Lipinski definition) is 2. The third kappa shape index (κ3) is 2.46. The van der Waals surface area contributed by atoms with Gasteiger partial charge < -0.3 is 4.74 Å². The molecule has 0 bridgehead atoms. The predicted octanol–water partition coefficient (Wildman–Crippen LogP) is 4.70. The molecule has 0 saturated carbocycles. The summed E-state index contributed by atoms with van der Waals surface area (Å²) in [5, 5.41) is 0. The molecule has 0 aliphatic carbocycles. The summed E-state index contributed by atoms with van der Waals surface area (Å²) in [6.07, 6.45) is 0.351. The van der Waals surface area contributed by atoms with Gasteiger partial charge >= 0.3 is 0 Å². The van der Waals surface area contributed by atoms with E-state index in [1.54, 1.807) is 4.90 Å². The van der Waals surface area contributed by atoms with Crippen LogP contribution in [0.4, 0.5) is 11.4 Å². The standard InChI is InChI=1S/C20H15NO2/c22-20(14-15-8-2-1-3-9-15)21-16-10-4-6-12-18(16)23-19-13-7-5-11-17(19)21/h1-13H,14H2. The molecule has 0 spiro atoms. The van der Waals surface area contributed by atoms with Gasteiger partial charge in [-0.2, -0.15) is 0 Å². The van der Waals surface area contributed by atoms with Crippen LogP contribution in [-0.2, 0) is 11.2 Å². The highest BCUT2D eigenvalue weighted by atomic mass is 16.5. The van der Waals surface area contributed by atoms with Crippen LogP contribution in [0.25, 0.3) is 0 Å². The third-order valence-corrected chi connectivity index (χ3v) is 3.88. The van der Waals surface area contributed by atoms with E-state index in [1.165, 1.54) is 0 Å². The van der Waals surface area contributed by atoms with Crippen LogP contribution < -0.4 is 9.64 Å². The molecule has 0 N–H and O–H groups in total. The van der Waals surface area contributed by atoms with Crippen LogP contribution in [0.5, 0.6) is 11.5 Å². The fourth-order valence-electron chi connectivity index (χ4n) is 2.82. The van der Waals surface area contributed by atoms with E-state index < -0.39 is 0 Å². The molecule has 0 unspecified atom stereocenters. The van der Waals surface area contributed by atoms with Crippen LogP contribution in [0.15, 0.2) is 78.9 Å². The molecule has 112 valence electrons. The van der Waals surface area contributed by atoms with Crippen molar-refractivity contribution in [1.29, 1.82) is 0 Å². The number of rotatable bonds is 2. The normalized spacial score (nSPS) is 12.1. The van der Waals surface area contributed by atoms with Gasteiger partial charge in [-0.05, 0) is 29.8 Å². The molecule has 3 nitrogen and oxygen atoms in total. The Bertz CT molecular complexity index is 813. The van der Waals surface area contributed by atoms with Gasteiger partial charge in [-0.15, -0.1) is 0 Å². The fourth-order valence-corrected chi connectivity index (χ4v) is 2.82. The van der Waals surface area contributed by atoms with E-state index in [4.69, 9.17) is 4.74 Å². The first-order chi connectivity index (χ1) is 11.3. The predicted molar refractivity (Wildman–Crippen MR) is 90.3 cm³/mol. The van der Waals surface area contributed by atoms with Gasteiger partial charge in [-0.1, -0.05) is 54.6 Å². The molecule has 0 fully saturated rings. The molecule has 3 aromatic rings. The first kappa shape index (κ1) is 13.6. The van der Waals surface area contributed by atoms with Crippen LogP contribution >= 0.6 is 0 Å². The minimum atomic E-state index is 0.0272. The first-order valence-electron chi connectivity index (χ1n) is 7.56. The molecule has 23 heavy (non-hydrogen) atoms. The maximum atomic E-state index is 13.0. The van der Waals surface area contributed by atoms with E-state index in [-0.39, 0.29) is 5.91 Å². The molecule has 0 radical (unpaired) electrons. The number of para-hydroxylation sites is 4. The van der Waals surface area contributed by atoms with E-state index >= 15 is 0 Å². The second kappa shape index (κ2) is 5.61. The van der Waals surface area contributed by atoms with Crippen LogP contribution in [-0.4, -0.2) is 5.91 Å². The summed E-state index contributed by atoms with van der Waals surface area (Å²) in [5.74, 6) is 1.43. The highest BCUT2D eigenvalue weighted by Gasteiger charge is 2.28. The van der Waals surface area contributed by atoms with Gasteiger partial charge in [0.1, 0.15) is 0 Å². The fraction of sp³-hybridized carbons (Fsp3) is 0.0500. The number of benzene rings is 3. The Morgan fingerprint density at radius 2 is 1.26 bits per heavy atom. The number of carbonyl (C=O) groups excluding carboxylic acids is 1. The van der Waals surface area contributed by atoms with Crippen molar-refractivity contribution in [1.82, 2.24) is 0 Å². The molecular formula is C20H15NO2. The number of amides is 1. The Balaban J connectivity index is 1.77. The molecule has 1 aliphatic rings. The number of anilines is 2. The number of fused-ring (bicyclic) bond motifs is 2. The Kier molecular flexibility index (Phi) is 3.31. The number of nitrogens with zero attached hydrogens (tertiary/aromatic N) is 1. The van der Waals surface area contributed by atoms with Crippen LogP contribution in [0.3, 0.4) is 0 Å². The molecule has 3 heteroatoms. The molecule has 1 amide bonds. The highest BCUT2D eigenvalue weighted by Crippen LogP contribution is 2.46. The van der Waals surface area contributed by atoms with E-state index in [0.29, 0.717) is 17.9 Å². The SMILES string of the molecule is O=C(Cc1ccccc1)N1c2ccccc2Oc2ccccc21.